The van der Waals surface area contributed by atoms with Crippen LogP contribution in [0.25, 0.3) is 0 Å². The van der Waals surface area contributed by atoms with E-state index >= 15 is 0 Å². The van der Waals surface area contributed by atoms with Crippen molar-refractivity contribution in [3.8, 4) is 0 Å². The van der Waals surface area contributed by atoms with Gasteiger partial charge in [0.25, 0.3) is 0 Å². The molecule has 7 bridgehead atoms. The van der Waals surface area contributed by atoms with Gasteiger partial charge >= 0.3 is 11.9 Å². The normalized spacial score (nSPS) is 41.0. The van der Waals surface area contributed by atoms with Gasteiger partial charge in [-0.2, -0.15) is 0 Å². The zero-order valence-electron chi connectivity index (χ0n) is 37.2. The van der Waals surface area contributed by atoms with Gasteiger partial charge in [0.15, 0.2) is 5.60 Å². The highest BCUT2D eigenvalue weighted by Crippen LogP contribution is 2.80. The van der Waals surface area contributed by atoms with Crippen LogP contribution in [0.2, 0.25) is 0 Å². The van der Waals surface area contributed by atoms with Gasteiger partial charge in [-0.25, -0.2) is 4.79 Å². The summed E-state index contributed by atoms with van der Waals surface area (Å²) in [6.45, 7) is 2.97. The summed E-state index contributed by atoms with van der Waals surface area (Å²) in [6.07, 6.45) is 11.4. The molecule has 5 aliphatic carbocycles. The van der Waals surface area contributed by atoms with Crippen LogP contribution in [0.4, 0.5) is 0 Å². The molecule has 5 saturated carbocycles. The van der Waals surface area contributed by atoms with Gasteiger partial charge in [0.05, 0.1) is 30.5 Å². The summed E-state index contributed by atoms with van der Waals surface area (Å²) in [7, 11) is 8.40. The van der Waals surface area contributed by atoms with E-state index in [9.17, 15) is 24.9 Å². The van der Waals surface area contributed by atoms with Crippen molar-refractivity contribution in [1.29, 1.82) is 0 Å². The number of unbranched alkanes of at least 4 members (excludes halogenated alkanes) is 13. The molecule has 3 N–H and O–H groups in total. The zero-order valence-corrected chi connectivity index (χ0v) is 37.2. The molecular formula is C48H75NO11. The van der Waals surface area contributed by atoms with E-state index in [1.807, 2.05) is 13.1 Å². The lowest BCUT2D eigenvalue weighted by Crippen LogP contribution is -2.81. The van der Waals surface area contributed by atoms with Crippen LogP contribution < -0.4 is 0 Å². The molecule has 6 fully saturated rings. The number of esters is 2. The summed E-state index contributed by atoms with van der Waals surface area (Å²) in [4.78, 5) is 30.8. The SMILES string of the molecule is CCCCCCCCCCCCCCCCC(=O)O[C@]12[C@H]3[C@@H](OC(=O)c4ccccc4)[C@](O)(C[C@H]3[C@@]34C5[C@@H]1[C@H](OC)[C@@H]3[C@](COC)(CN5C)[C@H](O)C[C@@H]4OC)[C@@H](OC)[C@@H]2O. The van der Waals surface area contributed by atoms with E-state index in [1.54, 1.807) is 45.6 Å². The number of carbonyl (C=O) groups is 2. The minimum atomic E-state index is -1.84. The average molecular weight is 842 g/mol. The summed E-state index contributed by atoms with van der Waals surface area (Å²) in [5.74, 6) is -3.48. The van der Waals surface area contributed by atoms with Crippen molar-refractivity contribution in [2.45, 2.75) is 170 Å². The van der Waals surface area contributed by atoms with E-state index in [4.69, 9.17) is 28.4 Å². The first-order chi connectivity index (χ1) is 29.0. The Morgan fingerprint density at radius 2 is 1.42 bits per heavy atom. The number of nitrogens with zero attached hydrogens (tertiary/aromatic N) is 1. The second-order valence-electron chi connectivity index (χ2n) is 19.5. The van der Waals surface area contributed by atoms with Crippen LogP contribution in [0.1, 0.15) is 126 Å². The number of aliphatic hydroxyl groups is 3. The van der Waals surface area contributed by atoms with Crippen LogP contribution >= 0.6 is 0 Å². The Morgan fingerprint density at radius 3 is 1.98 bits per heavy atom. The van der Waals surface area contributed by atoms with Gasteiger partial charge in [-0.15, -0.1) is 0 Å². The fraction of sp³-hybridized carbons (Fsp3) is 0.833. The van der Waals surface area contributed by atoms with E-state index in [0.29, 0.717) is 24.9 Å². The molecule has 1 unspecified atom stereocenters. The fourth-order valence-electron chi connectivity index (χ4n) is 14.7. The monoisotopic (exact) mass is 842 g/mol. The van der Waals surface area contributed by atoms with Crippen molar-refractivity contribution in [2.75, 3.05) is 48.6 Å². The molecule has 1 aromatic carbocycles. The molecule has 1 saturated heterocycles. The molecule has 7 rings (SSSR count). The van der Waals surface area contributed by atoms with Crippen LogP contribution in [0.15, 0.2) is 30.3 Å². The Morgan fingerprint density at radius 1 is 0.800 bits per heavy atom. The summed E-state index contributed by atoms with van der Waals surface area (Å²) in [6, 6.07) is 8.29. The number of carbonyl (C=O) groups excluding carboxylic acids is 2. The maximum Gasteiger partial charge on any atom is 0.338 e. The van der Waals surface area contributed by atoms with E-state index in [2.05, 4.69) is 11.8 Å². The second kappa shape index (κ2) is 18.9. The molecule has 6 aliphatic rings. The molecule has 0 amide bonds. The molecule has 15 atom stereocenters. The van der Waals surface area contributed by atoms with Crippen molar-refractivity contribution in [3.63, 3.8) is 0 Å². The number of methoxy groups -OCH3 is 4. The Hall–Kier alpha value is -2.16. The van der Waals surface area contributed by atoms with Crippen LogP contribution in [0.5, 0.6) is 0 Å². The fourth-order valence-corrected chi connectivity index (χ4v) is 14.7. The van der Waals surface area contributed by atoms with Gasteiger partial charge in [0, 0.05) is 82.5 Å². The molecular weight excluding hydrogens is 767 g/mol. The molecule has 12 heteroatoms. The lowest BCUT2D eigenvalue weighted by atomic mass is 9.42. The number of rotatable bonds is 23. The van der Waals surface area contributed by atoms with E-state index in [0.717, 1.165) is 19.3 Å². The molecule has 1 aromatic rings. The molecule has 12 nitrogen and oxygen atoms in total. The first kappa shape index (κ1) is 45.9. The third-order valence-corrected chi connectivity index (χ3v) is 16.6. The average Bonchev–Trinajstić information content (AvgIpc) is 3.63. The molecule has 0 radical (unpaired) electrons. The Kier molecular flexibility index (Phi) is 14.4. The van der Waals surface area contributed by atoms with Gasteiger partial charge in [-0.05, 0) is 37.9 Å². The van der Waals surface area contributed by atoms with Crippen molar-refractivity contribution < 1.29 is 53.3 Å². The lowest BCUT2D eigenvalue weighted by molar-refractivity contribution is -0.321. The summed E-state index contributed by atoms with van der Waals surface area (Å²) in [5, 5.41) is 38.1. The molecule has 1 heterocycles. The van der Waals surface area contributed by atoms with Crippen LogP contribution in [-0.2, 0) is 33.2 Å². The Balaban J connectivity index is 1.19. The van der Waals surface area contributed by atoms with Crippen molar-refractivity contribution >= 4 is 11.9 Å². The van der Waals surface area contributed by atoms with E-state index in [1.165, 1.54) is 71.3 Å². The second-order valence-corrected chi connectivity index (χ2v) is 19.5. The van der Waals surface area contributed by atoms with Gasteiger partial charge in [0.1, 0.15) is 23.9 Å². The number of hydrogen-bond acceptors (Lipinski definition) is 12. The van der Waals surface area contributed by atoms with Crippen molar-refractivity contribution in [1.82, 2.24) is 4.90 Å². The molecule has 60 heavy (non-hydrogen) atoms. The van der Waals surface area contributed by atoms with Crippen LogP contribution in [0.3, 0.4) is 0 Å². The number of ether oxygens (including phenoxy) is 6. The Bertz CT molecular complexity index is 1600. The Labute approximate surface area is 358 Å². The molecule has 1 spiro atoms. The third kappa shape index (κ3) is 7.19. The quantitative estimate of drug-likeness (QED) is 0.0861. The first-order valence-electron chi connectivity index (χ1n) is 23.3. The van der Waals surface area contributed by atoms with Crippen LogP contribution in [-0.4, -0.2) is 135 Å². The molecule has 1 aliphatic heterocycles. The van der Waals surface area contributed by atoms with E-state index < -0.39 is 88.3 Å². The number of aliphatic hydroxyl groups excluding tert-OH is 2. The number of fused-ring (bicyclic) bond motifs is 2. The highest BCUT2D eigenvalue weighted by atomic mass is 16.6. The largest absolute Gasteiger partial charge is 0.455 e. The van der Waals surface area contributed by atoms with E-state index in [-0.39, 0.29) is 31.4 Å². The predicted molar refractivity (Wildman–Crippen MR) is 225 cm³/mol. The number of piperidine rings is 1. The highest BCUT2D eigenvalue weighted by molar-refractivity contribution is 5.89. The lowest BCUT2D eigenvalue weighted by Gasteiger charge is -2.70. The topological polar surface area (TPSA) is 153 Å². The smallest absolute Gasteiger partial charge is 0.338 e. The van der Waals surface area contributed by atoms with Gasteiger partial charge in [-0.1, -0.05) is 109 Å². The maximum absolute atomic E-state index is 14.5. The van der Waals surface area contributed by atoms with Gasteiger partial charge in [-0.3, -0.25) is 4.79 Å². The third-order valence-electron chi connectivity index (χ3n) is 16.6. The van der Waals surface area contributed by atoms with Crippen LogP contribution in [0, 0.1) is 34.5 Å². The number of hydrogen-bond donors (Lipinski definition) is 3. The minimum absolute atomic E-state index is 0.0846. The molecule has 0 aromatic heterocycles. The number of likely N-dealkylation sites (tertiary alicyclic amines) is 1. The standard InChI is InChI=1S/C48H75NO11/c1-7-8-9-10-11-12-13-14-15-16-17-18-19-23-26-35(51)60-48-36-32(28-46(54,43(58-6)41(48)52)42(36)59-44(53)31-24-21-20-22-25-31)47-34(56-4)27-33(50)45(30-55-3)29-49(2)40(47)37(48)38(57-5)39(45)47/h20-22,24-25,32-34,36-43,50,52,54H,7-19,23,26-30H2,1-6H3/t32-,33-,34+,36-,37+,38+,39-,40?,41+,42-,43+,45+,46-,47+,48-/m1/s1. The zero-order chi connectivity index (χ0) is 42.9. The van der Waals surface area contributed by atoms with Gasteiger partial charge < -0.3 is 48.6 Å². The minimum Gasteiger partial charge on any atom is -0.455 e. The first-order valence-corrected chi connectivity index (χ1v) is 23.3. The number of benzene rings is 1. The summed E-state index contributed by atoms with van der Waals surface area (Å²) >= 11 is 0. The maximum atomic E-state index is 14.5. The highest BCUT2D eigenvalue weighted by Gasteiger charge is 2.92. The molecule has 338 valence electrons. The van der Waals surface area contributed by atoms with Crippen molar-refractivity contribution in [3.05, 3.63) is 35.9 Å². The summed E-state index contributed by atoms with van der Waals surface area (Å²) < 4.78 is 38.5. The summed E-state index contributed by atoms with van der Waals surface area (Å²) in [5.41, 5.74) is -4.82. The van der Waals surface area contributed by atoms with Crippen molar-refractivity contribution in [2.24, 2.45) is 34.5 Å². The van der Waals surface area contributed by atoms with Gasteiger partial charge in [0.2, 0.25) is 0 Å². The predicted octanol–water partition coefficient (Wildman–Crippen LogP) is 6.11.